The zero-order chi connectivity index (χ0) is 16.4. The third-order valence-electron chi connectivity index (χ3n) is 3.40. The van der Waals surface area contributed by atoms with Crippen LogP contribution in [0.1, 0.15) is 51.5 Å². The van der Waals surface area contributed by atoms with Crippen LogP contribution in [-0.2, 0) is 10.8 Å². The highest BCUT2D eigenvalue weighted by atomic mass is 32.2. The van der Waals surface area contributed by atoms with Gasteiger partial charge in [-0.05, 0) is 44.1 Å². The molecule has 0 amide bonds. The molecule has 2 atom stereocenters. The molecule has 3 heteroatoms. The topological polar surface area (TPSA) is 37.3 Å². The number of unbranched alkanes of at least 4 members (excludes halogenated alkanes) is 2. The summed E-state index contributed by atoms with van der Waals surface area (Å²) in [4.78, 5) is 1.47. The zero-order valence-electron chi connectivity index (χ0n) is 13.9. The molecule has 0 radical (unpaired) electrons. The molecule has 0 aromatic heterocycles. The van der Waals surface area contributed by atoms with E-state index in [2.05, 4.69) is 13.8 Å². The lowest BCUT2D eigenvalue weighted by molar-refractivity contribution is 0.209. The Balaban J connectivity index is 2.95. The number of allylic oxidation sites excluding steroid dienone is 2. The van der Waals surface area contributed by atoms with Gasteiger partial charge in [-0.1, -0.05) is 56.9 Å². The van der Waals surface area contributed by atoms with Crippen LogP contribution in [0, 0.1) is 6.92 Å². The van der Waals surface area contributed by atoms with E-state index in [-0.39, 0.29) is 0 Å². The molecule has 0 aliphatic carbocycles. The van der Waals surface area contributed by atoms with Gasteiger partial charge < -0.3 is 5.11 Å². The van der Waals surface area contributed by atoms with Crippen LogP contribution in [0.25, 0.3) is 0 Å². The van der Waals surface area contributed by atoms with Crippen molar-refractivity contribution in [2.45, 2.75) is 63.9 Å². The Morgan fingerprint density at radius 3 is 2.50 bits per heavy atom. The van der Waals surface area contributed by atoms with E-state index in [0.717, 1.165) is 36.1 Å². The summed E-state index contributed by atoms with van der Waals surface area (Å²) in [5, 5.41) is 10.1. The first kappa shape index (κ1) is 18.9. The lowest BCUT2D eigenvalue weighted by atomic mass is 10.1. The second-order valence-electron chi connectivity index (χ2n) is 5.55. The Morgan fingerprint density at radius 1 is 1.23 bits per heavy atom. The summed E-state index contributed by atoms with van der Waals surface area (Å²) in [5.41, 5.74) is 1.15. The lowest BCUT2D eigenvalue weighted by Gasteiger charge is -2.09. The van der Waals surface area contributed by atoms with Crippen LogP contribution >= 0.6 is 0 Å². The van der Waals surface area contributed by atoms with Crippen molar-refractivity contribution in [3.8, 4) is 0 Å². The van der Waals surface area contributed by atoms with Gasteiger partial charge in [0.15, 0.2) is 0 Å². The van der Waals surface area contributed by atoms with Crippen molar-refractivity contribution in [1.29, 1.82) is 0 Å². The summed E-state index contributed by atoms with van der Waals surface area (Å²) >= 11 is 0. The minimum absolute atomic E-state index is 0.532. The molecule has 0 aliphatic heterocycles. The van der Waals surface area contributed by atoms with Gasteiger partial charge >= 0.3 is 0 Å². The maximum absolute atomic E-state index is 12.7. The molecular weight excluding hydrogens is 292 g/mol. The zero-order valence-corrected chi connectivity index (χ0v) is 14.7. The van der Waals surface area contributed by atoms with E-state index in [1.165, 1.54) is 0 Å². The van der Waals surface area contributed by atoms with Crippen molar-refractivity contribution in [2.75, 3.05) is 0 Å². The van der Waals surface area contributed by atoms with Crippen molar-refractivity contribution in [3.05, 3.63) is 53.0 Å². The molecule has 1 aromatic carbocycles. The molecule has 1 aromatic rings. The molecule has 0 spiro atoms. The molecular formula is C19H28O2S. The number of aliphatic hydroxyl groups excluding tert-OH is 1. The average Bonchev–Trinajstić information content (AvgIpc) is 2.52. The first-order valence-electron chi connectivity index (χ1n) is 8.13. The van der Waals surface area contributed by atoms with Gasteiger partial charge in [-0.3, -0.25) is 0 Å². The summed E-state index contributed by atoms with van der Waals surface area (Å²) in [7, 11) is -1.24. The van der Waals surface area contributed by atoms with Gasteiger partial charge in [0.25, 0.3) is 0 Å². The van der Waals surface area contributed by atoms with Crippen LogP contribution in [0.5, 0.6) is 0 Å². The average molecular weight is 320 g/mol. The number of benzene rings is 1. The maximum atomic E-state index is 12.7. The Hall–Kier alpha value is -1.19. The van der Waals surface area contributed by atoms with Gasteiger partial charge in [-0.15, -0.1) is 0 Å². The number of hydrogen-bond donors (Lipinski definition) is 1. The van der Waals surface area contributed by atoms with Crippen molar-refractivity contribution in [1.82, 2.24) is 0 Å². The lowest BCUT2D eigenvalue weighted by Crippen LogP contribution is -2.05. The van der Waals surface area contributed by atoms with Crippen molar-refractivity contribution < 1.29 is 9.32 Å². The summed E-state index contributed by atoms with van der Waals surface area (Å²) in [6.45, 7) is 6.23. The number of aliphatic hydroxyl groups is 1. The highest BCUT2D eigenvalue weighted by Gasteiger charge is 2.10. The quantitative estimate of drug-likeness (QED) is 0.657. The number of hydrogen-bond acceptors (Lipinski definition) is 2. The first-order valence-corrected chi connectivity index (χ1v) is 9.28. The van der Waals surface area contributed by atoms with E-state index in [1.807, 2.05) is 43.3 Å². The van der Waals surface area contributed by atoms with Crippen molar-refractivity contribution in [3.63, 3.8) is 0 Å². The van der Waals surface area contributed by atoms with Crippen molar-refractivity contribution >= 4 is 10.8 Å². The number of rotatable bonds is 9. The molecule has 0 saturated heterocycles. The van der Waals surface area contributed by atoms with Crippen LogP contribution in [0.2, 0.25) is 0 Å². The monoisotopic (exact) mass is 320 g/mol. The Labute approximate surface area is 137 Å². The largest absolute Gasteiger partial charge is 0.389 e. The molecule has 2 nitrogen and oxygen atoms in total. The van der Waals surface area contributed by atoms with Crippen LogP contribution in [0.4, 0.5) is 0 Å². The standard InChI is InChI=1S/C19H28O2S/c1-4-6-8-10-19(15-17(20)9-7-5-2)22(21)18-13-11-16(3)12-14-18/h8,10-15,17,20H,4-7,9H2,1-3H3/b10-8+,19-15-/t17-,22-/m0/s1. The fraction of sp³-hybridized carbons (Fsp3) is 0.474. The smallest absolute Gasteiger partial charge is 0.0847 e. The minimum atomic E-state index is -1.24. The predicted molar refractivity (Wildman–Crippen MR) is 95.3 cm³/mol. The molecule has 0 saturated carbocycles. The molecule has 0 heterocycles. The van der Waals surface area contributed by atoms with Gasteiger partial charge in [0.1, 0.15) is 0 Å². The van der Waals surface area contributed by atoms with E-state index in [0.29, 0.717) is 11.3 Å². The first-order chi connectivity index (χ1) is 10.6. The Kier molecular flexibility index (Phi) is 9.02. The second-order valence-corrected chi connectivity index (χ2v) is 7.03. The fourth-order valence-corrected chi connectivity index (χ4v) is 3.19. The molecule has 0 aliphatic rings. The van der Waals surface area contributed by atoms with Crippen LogP contribution < -0.4 is 0 Å². The summed E-state index contributed by atoms with van der Waals surface area (Å²) in [6.07, 6.45) is 9.89. The minimum Gasteiger partial charge on any atom is -0.389 e. The second kappa shape index (κ2) is 10.5. The van der Waals surface area contributed by atoms with Crippen molar-refractivity contribution in [2.24, 2.45) is 0 Å². The van der Waals surface area contributed by atoms with E-state index in [1.54, 1.807) is 6.08 Å². The maximum Gasteiger partial charge on any atom is 0.0847 e. The normalized spacial score (nSPS) is 15.2. The molecule has 1 N–H and O–H groups in total. The van der Waals surface area contributed by atoms with Crippen LogP contribution in [0.3, 0.4) is 0 Å². The fourth-order valence-electron chi connectivity index (χ4n) is 2.03. The van der Waals surface area contributed by atoms with Gasteiger partial charge in [0.05, 0.1) is 16.9 Å². The summed E-state index contributed by atoms with van der Waals surface area (Å²) in [6, 6.07) is 7.72. The van der Waals surface area contributed by atoms with E-state index in [4.69, 9.17) is 0 Å². The van der Waals surface area contributed by atoms with Crippen LogP contribution in [0.15, 0.2) is 52.3 Å². The Bertz CT molecular complexity index is 515. The van der Waals surface area contributed by atoms with Gasteiger partial charge in [-0.2, -0.15) is 0 Å². The molecule has 0 unspecified atom stereocenters. The van der Waals surface area contributed by atoms with Gasteiger partial charge in [0, 0.05) is 9.80 Å². The SMILES string of the molecule is CCC/C=C/C(=C/[C@@H](O)CCCC)[S@@](=O)c1ccc(C)cc1. The van der Waals surface area contributed by atoms with E-state index in [9.17, 15) is 9.32 Å². The summed E-state index contributed by atoms with van der Waals surface area (Å²) in [5.74, 6) is 0. The molecule has 1 rings (SSSR count). The predicted octanol–water partition coefficient (Wildman–Crippen LogP) is 4.89. The summed E-state index contributed by atoms with van der Waals surface area (Å²) < 4.78 is 12.7. The molecule has 0 bridgehead atoms. The molecule has 122 valence electrons. The number of aryl methyl sites for hydroxylation is 1. The van der Waals surface area contributed by atoms with Gasteiger partial charge in [0.2, 0.25) is 0 Å². The highest BCUT2D eigenvalue weighted by molar-refractivity contribution is 7.89. The van der Waals surface area contributed by atoms with Gasteiger partial charge in [-0.25, -0.2) is 4.21 Å². The Morgan fingerprint density at radius 2 is 1.91 bits per heavy atom. The van der Waals surface area contributed by atoms with Crippen LogP contribution in [-0.4, -0.2) is 15.4 Å². The third kappa shape index (κ3) is 6.71. The molecule has 0 fully saturated rings. The van der Waals surface area contributed by atoms with E-state index < -0.39 is 16.9 Å². The third-order valence-corrected chi connectivity index (χ3v) is 4.80. The van der Waals surface area contributed by atoms with E-state index >= 15 is 0 Å². The highest BCUT2D eigenvalue weighted by Crippen LogP contribution is 2.18. The molecule has 22 heavy (non-hydrogen) atoms.